The molecule has 1 heterocycles. The fraction of sp³-hybridized carbons (Fsp3) is 0.0909. The van der Waals surface area contributed by atoms with Gasteiger partial charge in [-0.1, -0.05) is 11.6 Å². The van der Waals surface area contributed by atoms with Crippen molar-refractivity contribution >= 4 is 17.5 Å². The van der Waals surface area contributed by atoms with Gasteiger partial charge in [0.15, 0.2) is 0 Å². The Hall–Kier alpha value is -1.88. The van der Waals surface area contributed by atoms with E-state index in [-0.39, 0.29) is 22.8 Å². The minimum absolute atomic E-state index is 0.0198. The fourth-order valence-corrected chi connectivity index (χ4v) is 1.45. The van der Waals surface area contributed by atoms with Crippen molar-refractivity contribution in [2.75, 3.05) is 5.73 Å². The summed E-state index contributed by atoms with van der Waals surface area (Å²) in [5.74, 6) is 0.399. The Bertz CT molecular complexity index is 542. The van der Waals surface area contributed by atoms with Crippen LogP contribution in [0.3, 0.4) is 0 Å². The second-order valence-corrected chi connectivity index (χ2v) is 3.79. The standard InChI is InChI=1S/C11H9ClFN3O/c1-6-4-7(2-3-8(6)13)17-10-5-9(12)15-11(14)16-10/h2-5H,1H3,(H2,14,15,16). The quantitative estimate of drug-likeness (QED) is 0.836. The molecule has 0 unspecified atom stereocenters. The van der Waals surface area contributed by atoms with Crippen LogP contribution in [0.25, 0.3) is 0 Å². The Balaban J connectivity index is 2.28. The monoisotopic (exact) mass is 253 g/mol. The van der Waals surface area contributed by atoms with Gasteiger partial charge in [-0.2, -0.15) is 4.98 Å². The van der Waals surface area contributed by atoms with E-state index >= 15 is 0 Å². The molecule has 0 aliphatic carbocycles. The van der Waals surface area contributed by atoms with Gasteiger partial charge < -0.3 is 10.5 Å². The van der Waals surface area contributed by atoms with Gasteiger partial charge in [-0.3, -0.25) is 0 Å². The van der Waals surface area contributed by atoms with Crippen LogP contribution < -0.4 is 10.5 Å². The molecule has 0 bridgehead atoms. The molecule has 2 rings (SSSR count). The van der Waals surface area contributed by atoms with E-state index in [1.54, 1.807) is 13.0 Å². The molecule has 88 valence electrons. The van der Waals surface area contributed by atoms with Crippen molar-refractivity contribution in [3.8, 4) is 11.6 Å². The van der Waals surface area contributed by atoms with Crippen molar-refractivity contribution in [1.82, 2.24) is 9.97 Å². The number of hydrogen-bond donors (Lipinski definition) is 1. The number of anilines is 1. The molecular formula is C11H9ClFN3O. The van der Waals surface area contributed by atoms with Gasteiger partial charge in [0, 0.05) is 6.07 Å². The first-order valence-electron chi connectivity index (χ1n) is 4.78. The predicted molar refractivity (Wildman–Crippen MR) is 62.7 cm³/mol. The average molecular weight is 254 g/mol. The highest BCUT2D eigenvalue weighted by molar-refractivity contribution is 6.29. The number of rotatable bonds is 2. The molecule has 0 aliphatic rings. The van der Waals surface area contributed by atoms with Crippen LogP contribution in [0.4, 0.5) is 10.3 Å². The van der Waals surface area contributed by atoms with Crippen LogP contribution in [0, 0.1) is 12.7 Å². The zero-order valence-electron chi connectivity index (χ0n) is 8.95. The highest BCUT2D eigenvalue weighted by Crippen LogP contribution is 2.23. The summed E-state index contributed by atoms with van der Waals surface area (Å²) in [6.45, 7) is 1.64. The second kappa shape index (κ2) is 4.55. The summed E-state index contributed by atoms with van der Waals surface area (Å²) in [5, 5.41) is 0.186. The highest BCUT2D eigenvalue weighted by Gasteiger charge is 2.05. The van der Waals surface area contributed by atoms with E-state index in [0.717, 1.165) is 0 Å². The van der Waals surface area contributed by atoms with Crippen molar-refractivity contribution in [3.63, 3.8) is 0 Å². The predicted octanol–water partition coefficient (Wildman–Crippen LogP) is 2.95. The van der Waals surface area contributed by atoms with Gasteiger partial charge in [0.1, 0.15) is 16.7 Å². The third kappa shape index (κ3) is 2.82. The molecule has 0 radical (unpaired) electrons. The van der Waals surface area contributed by atoms with Crippen LogP contribution in [0.5, 0.6) is 11.6 Å². The van der Waals surface area contributed by atoms with Crippen LogP contribution in [-0.2, 0) is 0 Å². The van der Waals surface area contributed by atoms with E-state index < -0.39 is 0 Å². The molecule has 0 spiro atoms. The van der Waals surface area contributed by atoms with Crippen molar-refractivity contribution in [1.29, 1.82) is 0 Å². The van der Waals surface area contributed by atoms with E-state index in [9.17, 15) is 4.39 Å². The largest absolute Gasteiger partial charge is 0.439 e. The normalized spacial score (nSPS) is 10.3. The van der Waals surface area contributed by atoms with Crippen molar-refractivity contribution in [2.45, 2.75) is 6.92 Å². The highest BCUT2D eigenvalue weighted by atomic mass is 35.5. The lowest BCUT2D eigenvalue weighted by Crippen LogP contribution is -1.97. The summed E-state index contributed by atoms with van der Waals surface area (Å²) in [4.78, 5) is 7.55. The fourth-order valence-electron chi connectivity index (χ4n) is 1.27. The molecule has 0 saturated carbocycles. The molecule has 6 heteroatoms. The van der Waals surface area contributed by atoms with E-state index in [2.05, 4.69) is 9.97 Å². The van der Waals surface area contributed by atoms with Gasteiger partial charge in [0.05, 0.1) is 0 Å². The molecular weight excluding hydrogens is 245 g/mol. The van der Waals surface area contributed by atoms with Crippen LogP contribution >= 0.6 is 11.6 Å². The van der Waals surface area contributed by atoms with Crippen molar-refractivity contribution < 1.29 is 9.13 Å². The average Bonchev–Trinajstić information content (AvgIpc) is 2.22. The van der Waals surface area contributed by atoms with E-state index in [0.29, 0.717) is 11.3 Å². The summed E-state index contributed by atoms with van der Waals surface area (Å²) in [5.41, 5.74) is 5.90. The molecule has 2 N–H and O–H groups in total. The molecule has 1 aromatic carbocycles. The maximum absolute atomic E-state index is 13.0. The number of nitrogen functional groups attached to an aromatic ring is 1. The molecule has 17 heavy (non-hydrogen) atoms. The summed E-state index contributed by atoms with van der Waals surface area (Å²) < 4.78 is 18.4. The zero-order valence-corrected chi connectivity index (χ0v) is 9.70. The summed E-state index contributed by atoms with van der Waals surface area (Å²) in [7, 11) is 0. The Morgan fingerprint density at radius 1 is 1.29 bits per heavy atom. The van der Waals surface area contributed by atoms with E-state index in [1.165, 1.54) is 18.2 Å². The summed E-state index contributed by atoms with van der Waals surface area (Å²) >= 11 is 5.70. The van der Waals surface area contributed by atoms with Crippen LogP contribution in [0.2, 0.25) is 5.15 Å². The number of nitrogens with zero attached hydrogens (tertiary/aromatic N) is 2. The maximum Gasteiger partial charge on any atom is 0.225 e. The first-order chi connectivity index (χ1) is 8.04. The third-order valence-electron chi connectivity index (χ3n) is 2.04. The first kappa shape index (κ1) is 11.6. The molecule has 4 nitrogen and oxygen atoms in total. The Morgan fingerprint density at radius 3 is 2.71 bits per heavy atom. The van der Waals surface area contributed by atoms with Gasteiger partial charge in [-0.05, 0) is 30.7 Å². The first-order valence-corrected chi connectivity index (χ1v) is 5.16. The molecule has 0 amide bonds. The number of halogens is 2. The van der Waals surface area contributed by atoms with Gasteiger partial charge in [-0.15, -0.1) is 0 Å². The summed E-state index contributed by atoms with van der Waals surface area (Å²) in [6.07, 6.45) is 0. The number of aryl methyl sites for hydroxylation is 1. The SMILES string of the molecule is Cc1cc(Oc2cc(Cl)nc(N)n2)ccc1F. The zero-order chi connectivity index (χ0) is 12.4. The smallest absolute Gasteiger partial charge is 0.225 e. The number of nitrogens with two attached hydrogens (primary N) is 1. The third-order valence-corrected chi connectivity index (χ3v) is 2.23. The Labute approximate surface area is 102 Å². The minimum atomic E-state index is -0.294. The van der Waals surface area contributed by atoms with E-state index in [1.807, 2.05) is 0 Å². The number of aromatic nitrogens is 2. The van der Waals surface area contributed by atoms with Gasteiger partial charge in [0.25, 0.3) is 0 Å². The second-order valence-electron chi connectivity index (χ2n) is 3.40. The Kier molecular flexibility index (Phi) is 3.10. The Morgan fingerprint density at radius 2 is 2.06 bits per heavy atom. The van der Waals surface area contributed by atoms with Crippen molar-refractivity contribution in [2.24, 2.45) is 0 Å². The van der Waals surface area contributed by atoms with Crippen LogP contribution in [-0.4, -0.2) is 9.97 Å². The lowest BCUT2D eigenvalue weighted by atomic mass is 10.2. The molecule has 1 aromatic heterocycles. The van der Waals surface area contributed by atoms with Gasteiger partial charge in [0.2, 0.25) is 11.8 Å². The molecule has 0 atom stereocenters. The number of hydrogen-bond acceptors (Lipinski definition) is 4. The topological polar surface area (TPSA) is 61.0 Å². The molecule has 0 saturated heterocycles. The molecule has 0 aliphatic heterocycles. The lowest BCUT2D eigenvalue weighted by molar-refractivity contribution is 0.460. The van der Waals surface area contributed by atoms with Crippen LogP contribution in [0.15, 0.2) is 24.3 Å². The minimum Gasteiger partial charge on any atom is -0.439 e. The summed E-state index contributed by atoms with van der Waals surface area (Å²) in [6, 6.07) is 5.80. The lowest BCUT2D eigenvalue weighted by Gasteiger charge is -2.06. The number of ether oxygens (including phenoxy) is 1. The molecule has 0 fully saturated rings. The van der Waals surface area contributed by atoms with Gasteiger partial charge in [-0.25, -0.2) is 9.37 Å². The van der Waals surface area contributed by atoms with Gasteiger partial charge >= 0.3 is 0 Å². The molecule has 2 aromatic rings. The van der Waals surface area contributed by atoms with E-state index in [4.69, 9.17) is 22.1 Å². The van der Waals surface area contributed by atoms with Crippen LogP contribution in [0.1, 0.15) is 5.56 Å². The maximum atomic E-state index is 13.0. The number of benzene rings is 1. The van der Waals surface area contributed by atoms with Crippen molar-refractivity contribution in [3.05, 3.63) is 40.8 Å².